The predicted octanol–water partition coefficient (Wildman–Crippen LogP) is 4.85. The average molecular weight is 416 g/mol. The third-order valence-electron chi connectivity index (χ3n) is 4.63. The number of nitrogens with zero attached hydrogens (tertiary/aromatic N) is 2. The van der Waals surface area contributed by atoms with Gasteiger partial charge in [-0.25, -0.2) is 9.97 Å². The molecule has 0 saturated carbocycles. The minimum Gasteiger partial charge on any atom is -0.363 e. The molecule has 1 aliphatic rings. The zero-order chi connectivity index (χ0) is 20.5. The minimum atomic E-state index is -4.41. The lowest BCUT2D eigenvalue weighted by Gasteiger charge is -2.22. The van der Waals surface area contributed by atoms with Gasteiger partial charge in [0.1, 0.15) is 16.8 Å². The average Bonchev–Trinajstić information content (AvgIpc) is 3.10. The normalized spacial score (nSPS) is 16.4. The fourth-order valence-electron chi connectivity index (χ4n) is 3.27. The van der Waals surface area contributed by atoms with Crippen LogP contribution in [0.1, 0.15) is 41.0 Å². The van der Waals surface area contributed by atoms with Crippen LogP contribution in [0.2, 0.25) is 5.15 Å². The van der Waals surface area contributed by atoms with Crippen LogP contribution < -0.4 is 5.32 Å². The van der Waals surface area contributed by atoms with Crippen molar-refractivity contribution in [2.24, 2.45) is 0 Å². The van der Waals surface area contributed by atoms with E-state index in [1.54, 1.807) is 19.9 Å². The molecular weight excluding hydrogens is 395 g/mol. The van der Waals surface area contributed by atoms with E-state index in [9.17, 15) is 13.2 Å². The second-order valence-electron chi connectivity index (χ2n) is 6.65. The van der Waals surface area contributed by atoms with Crippen molar-refractivity contribution in [2.45, 2.75) is 45.7 Å². The molecule has 1 N–H and O–H groups in total. The smallest absolute Gasteiger partial charge is 0.363 e. The number of aromatic nitrogens is 2. The van der Waals surface area contributed by atoms with Crippen LogP contribution in [0.3, 0.4) is 0 Å². The van der Waals surface area contributed by atoms with E-state index >= 15 is 0 Å². The maximum atomic E-state index is 13.2. The topological polar surface area (TPSA) is 56.3 Å². The third kappa shape index (κ3) is 4.56. The highest BCUT2D eigenvalue weighted by Gasteiger charge is 2.33. The maximum absolute atomic E-state index is 13.2. The van der Waals surface area contributed by atoms with Crippen LogP contribution in [0.4, 0.5) is 19.0 Å². The first-order valence-electron chi connectivity index (χ1n) is 8.86. The molecule has 5 nitrogen and oxygen atoms in total. The number of ether oxygens (including phenoxy) is 2. The number of benzene rings is 1. The summed E-state index contributed by atoms with van der Waals surface area (Å²) in [5, 5.41) is 3.45. The molecule has 9 heteroatoms. The Labute approximate surface area is 166 Å². The van der Waals surface area contributed by atoms with Gasteiger partial charge in [0.25, 0.3) is 0 Å². The first kappa shape index (κ1) is 20.8. The number of anilines is 1. The van der Waals surface area contributed by atoms with Gasteiger partial charge in [0.05, 0.1) is 24.8 Å². The number of rotatable bonds is 5. The van der Waals surface area contributed by atoms with Crippen LogP contribution >= 0.6 is 11.6 Å². The van der Waals surface area contributed by atoms with Gasteiger partial charge in [0.2, 0.25) is 0 Å². The summed E-state index contributed by atoms with van der Waals surface area (Å²) in [6, 6.07) is 3.72. The molecule has 2 aromatic rings. The Hall–Kier alpha value is -1.90. The number of hydrogen-bond donors (Lipinski definition) is 1. The molecule has 1 aromatic carbocycles. The van der Waals surface area contributed by atoms with E-state index in [0.29, 0.717) is 42.4 Å². The minimum absolute atomic E-state index is 0.177. The Balaban J connectivity index is 1.91. The van der Waals surface area contributed by atoms with Gasteiger partial charge >= 0.3 is 6.18 Å². The molecule has 1 fully saturated rings. The molecule has 152 valence electrons. The first-order chi connectivity index (χ1) is 13.2. The number of hydrogen-bond acceptors (Lipinski definition) is 5. The summed E-state index contributed by atoms with van der Waals surface area (Å²) in [7, 11) is 0. The lowest BCUT2D eigenvalue weighted by molar-refractivity contribution is -0.138. The maximum Gasteiger partial charge on any atom is 0.416 e. The molecule has 28 heavy (non-hydrogen) atoms. The van der Waals surface area contributed by atoms with E-state index < -0.39 is 24.1 Å². The van der Waals surface area contributed by atoms with E-state index in [1.165, 1.54) is 13.0 Å². The van der Waals surface area contributed by atoms with Crippen LogP contribution in [-0.2, 0) is 22.1 Å². The lowest BCUT2D eigenvalue weighted by atomic mass is 9.97. The summed E-state index contributed by atoms with van der Waals surface area (Å²) in [6.45, 7) is 5.94. The van der Waals surface area contributed by atoms with Crippen LogP contribution in [0.5, 0.6) is 0 Å². The molecule has 0 aliphatic carbocycles. The second-order valence-corrected chi connectivity index (χ2v) is 7.01. The zero-order valence-electron chi connectivity index (χ0n) is 15.7. The monoisotopic (exact) mass is 415 g/mol. The van der Waals surface area contributed by atoms with Gasteiger partial charge in [-0.15, -0.1) is 0 Å². The van der Waals surface area contributed by atoms with Crippen molar-refractivity contribution in [1.82, 2.24) is 9.97 Å². The summed E-state index contributed by atoms with van der Waals surface area (Å²) < 4.78 is 50.6. The van der Waals surface area contributed by atoms with Gasteiger partial charge in [-0.3, -0.25) is 0 Å². The van der Waals surface area contributed by atoms with Crippen molar-refractivity contribution in [2.75, 3.05) is 18.5 Å². The molecule has 0 unspecified atom stereocenters. The standard InChI is InChI=1S/C19H21ClF3N3O2/c1-10-13(5-4-6-15(10)19(21,22)23)11(2)24-18-14(9-16-27-7-8-28-16)17(20)25-12(3)26-18/h4-6,11,16H,7-9H2,1-3H3,(H,24,25,26)/t11-/m1/s1. The highest BCUT2D eigenvalue weighted by Crippen LogP contribution is 2.35. The molecule has 0 bridgehead atoms. The van der Waals surface area contributed by atoms with E-state index in [0.717, 1.165) is 6.07 Å². The molecule has 3 rings (SSSR count). The van der Waals surface area contributed by atoms with Gasteiger partial charge in [0, 0.05) is 12.0 Å². The summed E-state index contributed by atoms with van der Waals surface area (Å²) in [5.41, 5.74) is 0.664. The van der Waals surface area contributed by atoms with Gasteiger partial charge in [-0.05, 0) is 38.0 Å². The molecule has 2 heterocycles. The summed E-state index contributed by atoms with van der Waals surface area (Å²) >= 11 is 6.31. The predicted molar refractivity (Wildman–Crippen MR) is 99.4 cm³/mol. The van der Waals surface area contributed by atoms with Gasteiger partial charge in [0.15, 0.2) is 6.29 Å². The van der Waals surface area contributed by atoms with Crippen molar-refractivity contribution in [3.05, 3.63) is 51.4 Å². The molecule has 0 amide bonds. The Bertz CT molecular complexity index is 855. The molecule has 0 spiro atoms. The van der Waals surface area contributed by atoms with E-state index in [-0.39, 0.29) is 10.7 Å². The number of halogens is 4. The van der Waals surface area contributed by atoms with Gasteiger partial charge in [-0.2, -0.15) is 13.2 Å². The quantitative estimate of drug-likeness (QED) is 0.707. The van der Waals surface area contributed by atoms with Crippen LogP contribution in [0.25, 0.3) is 0 Å². The zero-order valence-corrected chi connectivity index (χ0v) is 16.5. The molecule has 1 saturated heterocycles. The number of alkyl halides is 3. The summed E-state index contributed by atoms with van der Waals surface area (Å²) in [6.07, 6.45) is -4.51. The van der Waals surface area contributed by atoms with Crippen molar-refractivity contribution in [3.63, 3.8) is 0 Å². The fourth-order valence-corrected chi connectivity index (χ4v) is 3.56. The van der Waals surface area contributed by atoms with Gasteiger partial charge < -0.3 is 14.8 Å². The molecular formula is C19H21ClF3N3O2. The molecule has 0 radical (unpaired) electrons. The van der Waals surface area contributed by atoms with Crippen molar-refractivity contribution >= 4 is 17.4 Å². The number of aryl methyl sites for hydroxylation is 1. The van der Waals surface area contributed by atoms with Crippen LogP contribution in [-0.4, -0.2) is 29.5 Å². The molecule has 1 aliphatic heterocycles. The molecule has 1 aromatic heterocycles. The summed E-state index contributed by atoms with van der Waals surface area (Å²) in [5.74, 6) is 0.915. The SMILES string of the molecule is Cc1nc(Cl)c(CC2OCCO2)c(N[C@H](C)c2cccc(C(F)(F)F)c2C)n1. The highest BCUT2D eigenvalue weighted by atomic mass is 35.5. The van der Waals surface area contributed by atoms with Crippen molar-refractivity contribution < 1.29 is 22.6 Å². The third-order valence-corrected chi connectivity index (χ3v) is 4.94. The second kappa shape index (κ2) is 8.23. The first-order valence-corrected chi connectivity index (χ1v) is 9.24. The Kier molecular flexibility index (Phi) is 6.12. The Morgan fingerprint density at radius 2 is 1.89 bits per heavy atom. The lowest BCUT2D eigenvalue weighted by Crippen LogP contribution is -2.18. The van der Waals surface area contributed by atoms with Crippen LogP contribution in [0, 0.1) is 13.8 Å². The summed E-state index contributed by atoms with van der Waals surface area (Å²) in [4.78, 5) is 8.58. The van der Waals surface area contributed by atoms with E-state index in [2.05, 4.69) is 15.3 Å². The highest BCUT2D eigenvalue weighted by molar-refractivity contribution is 6.30. The van der Waals surface area contributed by atoms with Gasteiger partial charge in [-0.1, -0.05) is 23.7 Å². The van der Waals surface area contributed by atoms with Crippen LogP contribution in [0.15, 0.2) is 18.2 Å². The Morgan fingerprint density at radius 1 is 1.21 bits per heavy atom. The van der Waals surface area contributed by atoms with Crippen molar-refractivity contribution in [1.29, 1.82) is 0 Å². The molecule has 1 atom stereocenters. The number of nitrogens with one attached hydrogen (secondary N) is 1. The fraction of sp³-hybridized carbons (Fsp3) is 0.474. The largest absolute Gasteiger partial charge is 0.416 e. The van der Waals surface area contributed by atoms with E-state index in [4.69, 9.17) is 21.1 Å². The Morgan fingerprint density at radius 3 is 2.54 bits per heavy atom. The van der Waals surface area contributed by atoms with E-state index in [1.807, 2.05) is 0 Å². The van der Waals surface area contributed by atoms with Crippen molar-refractivity contribution in [3.8, 4) is 0 Å².